The molecule has 10 N–H and O–H groups in total. The van der Waals surface area contributed by atoms with E-state index in [4.69, 9.17) is 45.0 Å². The lowest BCUT2D eigenvalue weighted by molar-refractivity contribution is -0.0295. The highest BCUT2D eigenvalue weighted by Gasteiger charge is 2.40. The first-order chi connectivity index (χ1) is 50.3. The van der Waals surface area contributed by atoms with Gasteiger partial charge in [-0.2, -0.15) is 0 Å². The fourth-order valence-corrected chi connectivity index (χ4v) is 9.24. The molecule has 0 aromatic heterocycles. The lowest BCUT2D eigenvalue weighted by Crippen LogP contribution is -2.47. The smallest absolute Gasteiger partial charge is 0.444 e. The number of aryl methyl sites for hydroxylation is 1. The Kier molecular flexibility index (Phi) is 43.8. The summed E-state index contributed by atoms with van der Waals surface area (Å²) >= 11 is 0. The van der Waals surface area contributed by atoms with E-state index in [0.29, 0.717) is 50.0 Å². The van der Waals surface area contributed by atoms with Crippen molar-refractivity contribution in [1.29, 1.82) is 0 Å². The summed E-state index contributed by atoms with van der Waals surface area (Å²) in [6.45, 7) is 39.5. The quantitative estimate of drug-likeness (QED) is 0.00885. The van der Waals surface area contributed by atoms with Crippen LogP contribution in [-0.2, 0) is 65.8 Å². The monoisotopic (exact) mass is 1500 g/mol. The Labute approximate surface area is 642 Å². The number of aliphatic hydroxyl groups excluding tert-OH is 2. The summed E-state index contributed by atoms with van der Waals surface area (Å²) < 4.78 is 34.8. The summed E-state index contributed by atoms with van der Waals surface area (Å²) in [6.07, 6.45) is -0.448. The zero-order valence-electron chi connectivity index (χ0n) is 67.6. The molecule has 2 aliphatic heterocycles. The normalized spacial score (nSPS) is 13.7. The van der Waals surface area contributed by atoms with Gasteiger partial charge in [-0.15, -0.1) is 0 Å². The summed E-state index contributed by atoms with van der Waals surface area (Å²) in [4.78, 5) is 90.5. The number of carbonyl (C=O) groups is 7. The molecule has 0 radical (unpaired) electrons. The first-order valence-corrected chi connectivity index (χ1v) is 36.3. The molecule has 2 heterocycles. The van der Waals surface area contributed by atoms with Gasteiger partial charge >= 0.3 is 30.6 Å². The Hall–Kier alpha value is -9.27. The third-order valence-electron chi connectivity index (χ3n) is 13.8. The van der Waals surface area contributed by atoms with E-state index in [1.54, 1.807) is 105 Å². The summed E-state index contributed by atoms with van der Waals surface area (Å²) in [5.41, 5.74) is 14.4. The van der Waals surface area contributed by atoms with Crippen LogP contribution in [-0.4, -0.2) is 157 Å². The molecule has 5 atom stereocenters. The number of imide groups is 1. The van der Waals surface area contributed by atoms with Gasteiger partial charge in [0.05, 0.1) is 48.6 Å². The van der Waals surface area contributed by atoms with E-state index in [-0.39, 0.29) is 43.1 Å². The lowest BCUT2D eigenvalue weighted by Gasteiger charge is -2.32. The van der Waals surface area contributed by atoms with Crippen molar-refractivity contribution < 1.29 is 76.9 Å². The average molecular weight is 1500 g/mol. The van der Waals surface area contributed by atoms with Crippen molar-refractivity contribution in [3.8, 4) is 0 Å². The number of ether oxygens (including phenoxy) is 7. The number of carbonyl (C=O) groups excluding carboxylic acids is 7. The number of hydrazine groups is 1. The van der Waals surface area contributed by atoms with Crippen LogP contribution in [0.2, 0.25) is 0 Å². The standard InChI is InChI=1S/C23H26N2O4.C15H24N2O2.C15H23NO3.C11H16O.C10H18O5.C7H9N.C3H6O.H4N2/c1-16(25-20(26)18-12-8-9-13-19(18)21(25)27)14-24(22(28)29-23(2,3)4)15-17-10-6-5-7-11-17;1-12(16)10-17(14(18)19-15(2,3)4)11-13-8-6-5-7-9-13;1-12(17)10-16(14(18)19-15(2,3)4)11-13-8-6-5-7-9-13;1-10(12)6-5-9-11-7-3-2-4-8-11;1-9(2,3)14-7(11)13-8(12)15-10(4,5)6;8-6-7-4-2-1-3-5-7;1-3-2-4-3;1-2/h5-13,16H,14-15H2,1-4H3;5-9,12H,10-11,16H2,1-4H3;5-9,12,17H,10-11H2,1-4H3;2-4,7-8,10,12H,5-6,9H2,1H3;1-6H3;1-5H,6,8H2;3H,2H2,1H3;1-2H2/t16-;2*12-;10-;;;3-;/m1100..0./s1. The van der Waals surface area contributed by atoms with Crippen molar-refractivity contribution in [2.75, 3.05) is 26.2 Å². The minimum absolute atomic E-state index is 0.0868. The van der Waals surface area contributed by atoms with Gasteiger partial charge in [0.15, 0.2) is 0 Å². The molecule has 0 aliphatic carbocycles. The second-order valence-corrected chi connectivity index (χ2v) is 30.8. The van der Waals surface area contributed by atoms with Crippen molar-refractivity contribution in [3.05, 3.63) is 215 Å². The fourth-order valence-electron chi connectivity index (χ4n) is 9.24. The van der Waals surface area contributed by atoms with Gasteiger partial charge in [0.2, 0.25) is 0 Å². The molecule has 1 fully saturated rings. The van der Waals surface area contributed by atoms with E-state index in [9.17, 15) is 38.7 Å². The second-order valence-electron chi connectivity index (χ2n) is 30.8. The molecule has 108 heavy (non-hydrogen) atoms. The molecule has 0 unspecified atom stereocenters. The molecule has 8 rings (SSSR count). The van der Waals surface area contributed by atoms with Crippen LogP contribution in [0.25, 0.3) is 0 Å². The van der Waals surface area contributed by atoms with Crippen LogP contribution < -0.4 is 23.2 Å². The first kappa shape index (κ1) is 96.7. The Morgan fingerprint density at radius 3 is 0.991 bits per heavy atom. The topological polar surface area (TPSA) is 345 Å². The SMILES string of the molecule is CC(C)(C)OC(=O)OC(=O)OC(C)(C)C.C[C@@H](N)CN(Cc1ccccc1)C(=O)OC(C)(C)C.C[C@H](CN(Cc1ccccc1)C(=O)OC(C)(C)C)N1C(=O)c2ccccc2C1=O.C[C@H](O)CCCc1ccccc1.C[C@H](O)CN(Cc1ccccc1)C(=O)OC(C)(C)C.C[C@H]1CO1.NCc1ccccc1.NN. The van der Waals surface area contributed by atoms with Crippen LogP contribution in [0.3, 0.4) is 0 Å². The first-order valence-electron chi connectivity index (χ1n) is 36.3. The number of rotatable bonds is 18. The molecular weight excluding hydrogens is 1380 g/mol. The molecule has 24 nitrogen and oxygen atoms in total. The maximum atomic E-state index is 12.8. The van der Waals surface area contributed by atoms with Crippen LogP contribution in [0, 0.1) is 0 Å². The molecule has 6 aromatic carbocycles. The number of benzene rings is 6. The van der Waals surface area contributed by atoms with Gasteiger partial charge in [-0.3, -0.25) is 26.2 Å². The number of epoxide rings is 1. The average Bonchev–Trinajstić information content (AvgIpc) is 1.63. The molecule has 0 spiro atoms. The summed E-state index contributed by atoms with van der Waals surface area (Å²) in [5, 5.41) is 18.5. The van der Waals surface area contributed by atoms with E-state index < -0.39 is 64.6 Å². The van der Waals surface area contributed by atoms with Crippen molar-refractivity contribution >= 4 is 42.4 Å². The fraction of sp³-hybridized carbons (Fsp3) is 0.488. The number of amides is 5. The molecule has 1 saturated heterocycles. The third kappa shape index (κ3) is 46.7. The van der Waals surface area contributed by atoms with Crippen LogP contribution in [0.15, 0.2) is 176 Å². The second kappa shape index (κ2) is 48.9. The van der Waals surface area contributed by atoms with Crippen LogP contribution in [0.1, 0.15) is 200 Å². The Balaban J connectivity index is 0.000000660. The van der Waals surface area contributed by atoms with Crippen LogP contribution in [0.5, 0.6) is 0 Å². The maximum absolute atomic E-state index is 12.8. The lowest BCUT2D eigenvalue weighted by atomic mass is 10.1. The number of nitrogens with zero attached hydrogens (tertiary/aromatic N) is 4. The van der Waals surface area contributed by atoms with Gasteiger partial charge in [-0.1, -0.05) is 164 Å². The zero-order valence-corrected chi connectivity index (χ0v) is 67.6. The molecule has 24 heteroatoms. The summed E-state index contributed by atoms with van der Waals surface area (Å²) in [7, 11) is 0. The predicted molar refractivity (Wildman–Crippen MR) is 424 cm³/mol. The van der Waals surface area contributed by atoms with Gasteiger partial charge in [-0.25, -0.2) is 24.0 Å². The van der Waals surface area contributed by atoms with E-state index in [1.807, 2.05) is 183 Å². The minimum Gasteiger partial charge on any atom is -0.444 e. The van der Waals surface area contributed by atoms with E-state index in [2.05, 4.69) is 47.6 Å². The number of hydrogen-bond acceptors (Lipinski definition) is 20. The number of hydrogen-bond donors (Lipinski definition) is 6. The molecule has 0 saturated carbocycles. The summed E-state index contributed by atoms with van der Waals surface area (Å²) in [5.74, 6) is 7.34. The molecule has 6 aromatic rings. The zero-order chi connectivity index (χ0) is 82.0. The van der Waals surface area contributed by atoms with Gasteiger partial charge in [0.25, 0.3) is 11.8 Å². The highest BCUT2D eigenvalue weighted by Crippen LogP contribution is 2.26. The Bertz CT molecular complexity index is 3370. The molecule has 0 bridgehead atoms. The predicted octanol–water partition coefficient (Wildman–Crippen LogP) is 15.3. The van der Waals surface area contributed by atoms with E-state index in [1.165, 1.54) is 25.8 Å². The van der Waals surface area contributed by atoms with Gasteiger partial charge in [0, 0.05) is 45.3 Å². The van der Waals surface area contributed by atoms with Gasteiger partial charge in [-0.05, 0) is 198 Å². The Morgan fingerprint density at radius 1 is 0.454 bits per heavy atom. The van der Waals surface area contributed by atoms with Crippen LogP contribution >= 0.6 is 0 Å². The molecule has 598 valence electrons. The van der Waals surface area contributed by atoms with Crippen LogP contribution in [0.4, 0.5) is 24.0 Å². The third-order valence-corrected chi connectivity index (χ3v) is 13.8. The van der Waals surface area contributed by atoms with E-state index in [0.717, 1.165) is 42.6 Å². The van der Waals surface area contributed by atoms with Crippen molar-refractivity contribution in [2.24, 2.45) is 23.2 Å². The Morgan fingerprint density at radius 2 is 0.731 bits per heavy atom. The largest absolute Gasteiger partial charge is 0.519 e. The van der Waals surface area contributed by atoms with E-state index >= 15 is 0 Å². The number of fused-ring (bicyclic) bond motifs is 1. The van der Waals surface area contributed by atoms with Gasteiger partial charge < -0.3 is 69.5 Å². The van der Waals surface area contributed by atoms with Crippen molar-refractivity contribution in [1.82, 2.24) is 19.6 Å². The number of aliphatic hydroxyl groups is 2. The highest BCUT2D eigenvalue weighted by molar-refractivity contribution is 6.21. The maximum Gasteiger partial charge on any atom is 0.519 e. The highest BCUT2D eigenvalue weighted by atomic mass is 16.8. The minimum atomic E-state index is -1.06. The van der Waals surface area contributed by atoms with Crippen molar-refractivity contribution in [3.63, 3.8) is 0 Å². The molecule has 5 amide bonds. The number of nitrogens with two attached hydrogens (primary N) is 4. The molecular formula is C84H126N8O16. The molecule has 2 aliphatic rings. The summed E-state index contributed by atoms with van der Waals surface area (Å²) in [6, 6.07) is 55.6. The van der Waals surface area contributed by atoms with Gasteiger partial charge in [0.1, 0.15) is 28.0 Å². The van der Waals surface area contributed by atoms with Crippen molar-refractivity contribution in [2.45, 2.75) is 242 Å².